The molecule has 0 radical (unpaired) electrons. The average molecular weight is 420 g/mol. The first-order chi connectivity index (χ1) is 13.7. The number of sulfonamides is 1. The van der Waals surface area contributed by atoms with Crippen molar-refractivity contribution in [3.05, 3.63) is 24.3 Å². The first-order valence-electron chi connectivity index (χ1n) is 9.76. The van der Waals surface area contributed by atoms with Crippen molar-refractivity contribution in [3.8, 4) is 0 Å². The highest BCUT2D eigenvalue weighted by molar-refractivity contribution is 7.89. The van der Waals surface area contributed by atoms with Crippen LogP contribution in [0.15, 0.2) is 29.2 Å². The number of imide groups is 1. The van der Waals surface area contributed by atoms with Gasteiger partial charge in [0.2, 0.25) is 15.9 Å². The second-order valence-electron chi connectivity index (χ2n) is 7.98. The van der Waals surface area contributed by atoms with E-state index >= 15 is 0 Å². The number of rotatable bonds is 6. The minimum atomic E-state index is -3.52. The van der Waals surface area contributed by atoms with Gasteiger partial charge in [-0.05, 0) is 62.8 Å². The normalized spacial score (nSPS) is 25.3. The number of anilines is 1. The number of nitrogens with one attached hydrogen (secondary N) is 2. The summed E-state index contributed by atoms with van der Waals surface area (Å²) in [6, 6.07) is 5.33. The molecule has 3 aliphatic rings. The van der Waals surface area contributed by atoms with Crippen LogP contribution in [0.2, 0.25) is 0 Å². The van der Waals surface area contributed by atoms with E-state index in [4.69, 9.17) is 0 Å². The maximum Gasteiger partial charge on any atom is 0.325 e. The molecule has 2 saturated heterocycles. The molecule has 0 spiro atoms. The fourth-order valence-corrected chi connectivity index (χ4v) is 5.45. The zero-order valence-corrected chi connectivity index (χ0v) is 17.0. The van der Waals surface area contributed by atoms with Crippen molar-refractivity contribution in [1.82, 2.24) is 14.5 Å². The van der Waals surface area contributed by atoms with Crippen LogP contribution in [0.3, 0.4) is 0 Å². The Balaban J connectivity index is 1.39. The van der Waals surface area contributed by atoms with Crippen LogP contribution >= 0.6 is 0 Å². The van der Waals surface area contributed by atoms with Crippen molar-refractivity contribution in [2.45, 2.75) is 43.0 Å². The fourth-order valence-electron chi connectivity index (χ4n) is 3.93. The molecule has 9 nitrogen and oxygen atoms in total. The number of urea groups is 1. The zero-order valence-electron chi connectivity index (χ0n) is 16.2. The van der Waals surface area contributed by atoms with Crippen LogP contribution < -0.4 is 10.6 Å². The lowest BCUT2D eigenvalue weighted by Crippen LogP contribution is -2.46. The van der Waals surface area contributed by atoms with Gasteiger partial charge in [0.05, 0.1) is 4.90 Å². The summed E-state index contributed by atoms with van der Waals surface area (Å²) in [4.78, 5) is 38.2. The number of amides is 4. The molecule has 4 amide bonds. The summed E-state index contributed by atoms with van der Waals surface area (Å²) in [5, 5.41) is 5.31. The second-order valence-corrected chi connectivity index (χ2v) is 9.92. The molecular formula is C19H24N4O5S. The average Bonchev–Trinajstić information content (AvgIpc) is 3.34. The monoisotopic (exact) mass is 420 g/mol. The SMILES string of the molecule is CC1(C2CC2)NC(=O)N(CC(=O)Nc2ccc(S(=O)(=O)N3CCCC3)cc2)C1=O. The van der Waals surface area contributed by atoms with E-state index in [1.165, 1.54) is 28.6 Å². The van der Waals surface area contributed by atoms with Crippen LogP contribution in [-0.2, 0) is 19.6 Å². The van der Waals surface area contributed by atoms with E-state index < -0.39 is 27.5 Å². The van der Waals surface area contributed by atoms with Crippen LogP contribution in [0.4, 0.5) is 10.5 Å². The maximum absolute atomic E-state index is 12.6. The number of carbonyl (C=O) groups excluding carboxylic acids is 3. The van der Waals surface area contributed by atoms with Crippen molar-refractivity contribution in [1.29, 1.82) is 0 Å². The predicted molar refractivity (Wildman–Crippen MR) is 104 cm³/mol. The Morgan fingerprint density at radius 1 is 1.17 bits per heavy atom. The van der Waals surface area contributed by atoms with E-state index in [-0.39, 0.29) is 23.3 Å². The zero-order chi connectivity index (χ0) is 20.8. The van der Waals surface area contributed by atoms with E-state index in [9.17, 15) is 22.8 Å². The van der Waals surface area contributed by atoms with E-state index in [0.717, 1.165) is 30.6 Å². The Bertz CT molecular complexity index is 951. The third-order valence-corrected chi connectivity index (χ3v) is 7.75. The van der Waals surface area contributed by atoms with Crippen molar-refractivity contribution < 1.29 is 22.8 Å². The van der Waals surface area contributed by atoms with Gasteiger partial charge in [-0.2, -0.15) is 4.31 Å². The predicted octanol–water partition coefficient (Wildman–Crippen LogP) is 1.13. The van der Waals surface area contributed by atoms with E-state index in [1.807, 2.05) is 0 Å². The Morgan fingerprint density at radius 2 is 1.79 bits per heavy atom. The first-order valence-corrected chi connectivity index (χ1v) is 11.2. The molecule has 2 aliphatic heterocycles. The van der Waals surface area contributed by atoms with Gasteiger partial charge in [0.15, 0.2) is 0 Å². The van der Waals surface area contributed by atoms with Crippen LogP contribution in [0, 0.1) is 5.92 Å². The lowest BCUT2D eigenvalue weighted by atomic mass is 9.96. The van der Waals surface area contributed by atoms with Crippen LogP contribution in [0.1, 0.15) is 32.6 Å². The van der Waals surface area contributed by atoms with E-state index in [1.54, 1.807) is 6.92 Å². The smallest absolute Gasteiger partial charge is 0.325 e. The molecule has 10 heteroatoms. The van der Waals surface area contributed by atoms with Crippen molar-refractivity contribution in [3.63, 3.8) is 0 Å². The second kappa shape index (κ2) is 7.10. The van der Waals surface area contributed by atoms with Gasteiger partial charge in [0.1, 0.15) is 12.1 Å². The lowest BCUT2D eigenvalue weighted by Gasteiger charge is -2.20. The molecule has 1 aromatic carbocycles. The highest BCUT2D eigenvalue weighted by atomic mass is 32.2. The maximum atomic E-state index is 12.6. The Hall–Kier alpha value is -2.46. The Morgan fingerprint density at radius 3 is 2.38 bits per heavy atom. The number of hydrogen-bond donors (Lipinski definition) is 2. The lowest BCUT2D eigenvalue weighted by molar-refractivity contribution is -0.134. The molecule has 0 bridgehead atoms. The third kappa shape index (κ3) is 3.62. The molecule has 4 rings (SSSR count). The fraction of sp³-hybridized carbons (Fsp3) is 0.526. The molecule has 0 aromatic heterocycles. The summed E-state index contributed by atoms with van der Waals surface area (Å²) in [5.41, 5.74) is -0.532. The van der Waals surface area contributed by atoms with Crippen LogP contribution in [0.5, 0.6) is 0 Å². The molecular weight excluding hydrogens is 396 g/mol. The first kappa shape index (κ1) is 19.8. The number of nitrogens with zero attached hydrogens (tertiary/aromatic N) is 2. The van der Waals surface area contributed by atoms with Crippen LogP contribution in [-0.4, -0.2) is 60.6 Å². The van der Waals surface area contributed by atoms with Gasteiger partial charge in [0, 0.05) is 18.8 Å². The number of carbonyl (C=O) groups is 3. The minimum absolute atomic E-state index is 0.122. The topological polar surface area (TPSA) is 116 Å². The molecule has 3 fully saturated rings. The van der Waals surface area contributed by atoms with Crippen molar-refractivity contribution >= 4 is 33.6 Å². The number of hydrogen-bond acceptors (Lipinski definition) is 5. The quantitative estimate of drug-likeness (QED) is 0.670. The third-order valence-electron chi connectivity index (χ3n) is 5.84. The van der Waals surface area contributed by atoms with E-state index in [0.29, 0.717) is 18.8 Å². The molecule has 1 unspecified atom stereocenters. The number of benzene rings is 1. The summed E-state index contributed by atoms with van der Waals surface area (Å²) in [6.45, 7) is 2.35. The van der Waals surface area contributed by atoms with Crippen molar-refractivity contribution in [2.24, 2.45) is 5.92 Å². The molecule has 1 atom stereocenters. The standard InChI is InChI=1S/C19H24N4O5S/c1-19(13-4-5-13)17(25)23(18(26)21-19)12-16(24)20-14-6-8-15(9-7-14)29(27,28)22-10-2-3-11-22/h6-9,13H,2-5,10-12H2,1H3,(H,20,24)(H,21,26). The van der Waals surface area contributed by atoms with Gasteiger partial charge in [-0.3, -0.25) is 14.5 Å². The minimum Gasteiger partial charge on any atom is -0.325 e. The van der Waals surface area contributed by atoms with Crippen LogP contribution in [0.25, 0.3) is 0 Å². The van der Waals surface area contributed by atoms with Gasteiger partial charge < -0.3 is 10.6 Å². The highest BCUT2D eigenvalue weighted by Crippen LogP contribution is 2.42. The van der Waals surface area contributed by atoms with Gasteiger partial charge in [-0.15, -0.1) is 0 Å². The Kier molecular flexibility index (Phi) is 4.86. The summed E-state index contributed by atoms with van der Waals surface area (Å²) in [6.07, 6.45) is 3.48. The van der Waals surface area contributed by atoms with Crippen molar-refractivity contribution in [2.75, 3.05) is 25.0 Å². The Labute approximate surface area is 169 Å². The summed E-state index contributed by atoms with van der Waals surface area (Å²) >= 11 is 0. The summed E-state index contributed by atoms with van der Waals surface area (Å²) < 4.78 is 26.5. The molecule has 1 aromatic rings. The van der Waals surface area contributed by atoms with Gasteiger partial charge in [-0.1, -0.05) is 0 Å². The summed E-state index contributed by atoms with van der Waals surface area (Å²) in [5.74, 6) is -0.784. The molecule has 1 aliphatic carbocycles. The van der Waals surface area contributed by atoms with E-state index in [2.05, 4.69) is 10.6 Å². The van der Waals surface area contributed by atoms with Gasteiger partial charge in [-0.25, -0.2) is 13.2 Å². The largest absolute Gasteiger partial charge is 0.325 e. The molecule has 156 valence electrons. The molecule has 2 N–H and O–H groups in total. The summed E-state index contributed by atoms with van der Waals surface area (Å²) in [7, 11) is -3.52. The molecule has 29 heavy (non-hydrogen) atoms. The molecule has 2 heterocycles. The molecule has 1 saturated carbocycles. The van der Waals surface area contributed by atoms with Gasteiger partial charge >= 0.3 is 6.03 Å². The van der Waals surface area contributed by atoms with Gasteiger partial charge in [0.25, 0.3) is 5.91 Å². The highest BCUT2D eigenvalue weighted by Gasteiger charge is 2.56.